The van der Waals surface area contributed by atoms with E-state index >= 15 is 0 Å². The molecule has 0 aliphatic carbocycles. The SMILES string of the molecule is CC(C)Oc1cncc(NC[C@@H]2C[C@H](F)CN2Cc2nccn2C)n1. The van der Waals surface area contributed by atoms with Gasteiger partial charge in [-0.3, -0.25) is 9.88 Å². The maximum absolute atomic E-state index is 13.9. The third-order valence-electron chi connectivity index (χ3n) is 4.23. The Morgan fingerprint density at radius 3 is 2.96 bits per heavy atom. The topological polar surface area (TPSA) is 68.1 Å². The number of aromatic nitrogens is 4. The molecule has 1 fully saturated rings. The van der Waals surface area contributed by atoms with Crippen LogP contribution in [0.3, 0.4) is 0 Å². The van der Waals surface area contributed by atoms with Crippen LogP contribution in [0.25, 0.3) is 0 Å². The van der Waals surface area contributed by atoms with Crippen LogP contribution in [0.15, 0.2) is 24.8 Å². The lowest BCUT2D eigenvalue weighted by Gasteiger charge is -2.24. The van der Waals surface area contributed by atoms with Crippen molar-refractivity contribution in [3.63, 3.8) is 0 Å². The fourth-order valence-corrected chi connectivity index (χ4v) is 3.01. The summed E-state index contributed by atoms with van der Waals surface area (Å²) < 4.78 is 21.5. The van der Waals surface area contributed by atoms with E-state index < -0.39 is 6.17 Å². The predicted octanol–water partition coefficient (Wildman–Crippen LogP) is 2.02. The third-order valence-corrected chi connectivity index (χ3v) is 4.23. The monoisotopic (exact) mass is 348 g/mol. The van der Waals surface area contributed by atoms with Crippen LogP contribution in [-0.2, 0) is 13.6 Å². The minimum atomic E-state index is -0.811. The highest BCUT2D eigenvalue weighted by Gasteiger charge is 2.32. The summed E-state index contributed by atoms with van der Waals surface area (Å²) in [5.41, 5.74) is 0. The molecule has 0 spiro atoms. The molecule has 1 aliphatic rings. The van der Waals surface area contributed by atoms with Crippen molar-refractivity contribution in [3.8, 4) is 5.88 Å². The number of likely N-dealkylation sites (tertiary alicyclic amines) is 1. The Kier molecular flexibility index (Phi) is 5.47. The van der Waals surface area contributed by atoms with Crippen LogP contribution >= 0.6 is 0 Å². The fourth-order valence-electron chi connectivity index (χ4n) is 3.01. The molecule has 1 N–H and O–H groups in total. The average Bonchev–Trinajstić information content (AvgIpc) is 3.11. The summed E-state index contributed by atoms with van der Waals surface area (Å²) in [5.74, 6) is 2.06. The largest absolute Gasteiger partial charge is 0.474 e. The number of anilines is 1. The first-order valence-corrected chi connectivity index (χ1v) is 8.58. The first kappa shape index (κ1) is 17.6. The lowest BCUT2D eigenvalue weighted by atomic mass is 10.2. The second kappa shape index (κ2) is 7.77. The quantitative estimate of drug-likeness (QED) is 0.826. The van der Waals surface area contributed by atoms with Crippen LogP contribution in [0.5, 0.6) is 5.88 Å². The molecule has 0 radical (unpaired) electrons. The Bertz CT molecular complexity index is 691. The number of imidazole rings is 1. The number of ether oxygens (including phenoxy) is 1. The van der Waals surface area contributed by atoms with Crippen molar-refractivity contribution in [2.45, 2.75) is 45.1 Å². The van der Waals surface area contributed by atoms with E-state index in [0.29, 0.717) is 37.8 Å². The highest BCUT2D eigenvalue weighted by Crippen LogP contribution is 2.23. The van der Waals surface area contributed by atoms with Crippen molar-refractivity contribution in [1.82, 2.24) is 24.4 Å². The molecule has 0 aromatic carbocycles. The van der Waals surface area contributed by atoms with Crippen molar-refractivity contribution in [2.24, 2.45) is 7.05 Å². The Morgan fingerprint density at radius 2 is 2.24 bits per heavy atom. The molecule has 0 amide bonds. The van der Waals surface area contributed by atoms with Crippen LogP contribution in [-0.4, -0.2) is 55.8 Å². The maximum atomic E-state index is 13.9. The molecule has 8 heteroatoms. The number of hydrogen-bond donors (Lipinski definition) is 1. The summed E-state index contributed by atoms with van der Waals surface area (Å²) in [7, 11) is 1.95. The molecular formula is C17H25FN6O. The molecule has 2 aromatic rings. The molecule has 2 atom stereocenters. The molecule has 3 heterocycles. The smallest absolute Gasteiger partial charge is 0.234 e. The average molecular weight is 348 g/mol. The van der Waals surface area contributed by atoms with Gasteiger partial charge in [0.05, 0.1) is 25.0 Å². The second-order valence-electron chi connectivity index (χ2n) is 6.66. The summed E-state index contributed by atoms with van der Waals surface area (Å²) >= 11 is 0. The van der Waals surface area contributed by atoms with Crippen molar-refractivity contribution < 1.29 is 9.13 Å². The lowest BCUT2D eigenvalue weighted by Crippen LogP contribution is -2.35. The van der Waals surface area contributed by atoms with Crippen LogP contribution < -0.4 is 10.1 Å². The molecule has 0 unspecified atom stereocenters. The normalized spacial score (nSPS) is 21.0. The van der Waals surface area contributed by atoms with Gasteiger partial charge in [-0.2, -0.15) is 4.98 Å². The lowest BCUT2D eigenvalue weighted by molar-refractivity contribution is 0.230. The van der Waals surface area contributed by atoms with Gasteiger partial charge < -0.3 is 14.6 Å². The number of hydrogen-bond acceptors (Lipinski definition) is 6. The summed E-state index contributed by atoms with van der Waals surface area (Å²) in [5, 5.41) is 3.26. The van der Waals surface area contributed by atoms with Crippen LogP contribution in [0.4, 0.5) is 10.2 Å². The highest BCUT2D eigenvalue weighted by atomic mass is 19.1. The number of nitrogens with zero attached hydrogens (tertiary/aromatic N) is 5. The first-order valence-electron chi connectivity index (χ1n) is 8.58. The zero-order valence-corrected chi connectivity index (χ0v) is 14.9. The number of aryl methyl sites for hydroxylation is 1. The first-order chi connectivity index (χ1) is 12.0. The van der Waals surface area contributed by atoms with Gasteiger partial charge in [0, 0.05) is 38.6 Å². The minimum absolute atomic E-state index is 0.0416. The second-order valence-corrected chi connectivity index (χ2v) is 6.66. The van der Waals surface area contributed by atoms with Crippen molar-refractivity contribution in [2.75, 3.05) is 18.4 Å². The van der Waals surface area contributed by atoms with E-state index in [2.05, 4.69) is 25.2 Å². The summed E-state index contributed by atoms with van der Waals surface area (Å²) in [6, 6.07) is 0.0863. The van der Waals surface area contributed by atoms with Gasteiger partial charge in [-0.15, -0.1) is 0 Å². The van der Waals surface area contributed by atoms with Crippen LogP contribution in [0.2, 0.25) is 0 Å². The van der Waals surface area contributed by atoms with Crippen LogP contribution in [0, 0.1) is 0 Å². The summed E-state index contributed by atoms with van der Waals surface area (Å²) in [6.45, 7) is 5.55. The molecule has 2 aromatic heterocycles. The van der Waals surface area contributed by atoms with Crippen molar-refractivity contribution in [3.05, 3.63) is 30.6 Å². The number of halogens is 1. The Morgan fingerprint density at radius 1 is 1.40 bits per heavy atom. The van der Waals surface area contributed by atoms with E-state index in [1.165, 1.54) is 0 Å². The fraction of sp³-hybridized carbons (Fsp3) is 0.588. The zero-order valence-electron chi connectivity index (χ0n) is 14.9. The molecule has 1 aliphatic heterocycles. The maximum Gasteiger partial charge on any atom is 0.234 e. The van der Waals surface area contributed by atoms with Gasteiger partial charge in [-0.25, -0.2) is 9.37 Å². The van der Waals surface area contributed by atoms with E-state index in [4.69, 9.17) is 4.74 Å². The van der Waals surface area contributed by atoms with Gasteiger partial charge >= 0.3 is 0 Å². The molecule has 1 saturated heterocycles. The summed E-state index contributed by atoms with van der Waals surface area (Å²) in [4.78, 5) is 15.0. The van der Waals surface area contributed by atoms with Gasteiger partial charge in [-0.05, 0) is 20.3 Å². The van der Waals surface area contributed by atoms with Gasteiger partial charge in [0.15, 0.2) is 0 Å². The minimum Gasteiger partial charge on any atom is -0.474 e. The van der Waals surface area contributed by atoms with Crippen molar-refractivity contribution in [1.29, 1.82) is 0 Å². The number of alkyl halides is 1. The Balaban J connectivity index is 1.60. The summed E-state index contributed by atoms with van der Waals surface area (Å²) in [6.07, 6.45) is 6.65. The molecule has 3 rings (SSSR count). The predicted molar refractivity (Wildman–Crippen MR) is 93.2 cm³/mol. The highest BCUT2D eigenvalue weighted by molar-refractivity contribution is 5.33. The molecule has 7 nitrogen and oxygen atoms in total. The molecule has 136 valence electrons. The van der Waals surface area contributed by atoms with E-state index in [0.717, 1.165) is 5.82 Å². The van der Waals surface area contributed by atoms with Gasteiger partial charge in [0.2, 0.25) is 5.88 Å². The standard InChI is InChI=1S/C17H25FN6O/c1-12(2)25-17-9-19-8-15(22-17)21-7-14-6-13(18)10-24(14)11-16-20-4-5-23(16)3/h4-5,8-9,12-14H,6-7,10-11H2,1-3H3,(H,21,22)/t13-,14-/m0/s1. The zero-order chi connectivity index (χ0) is 17.8. The van der Waals surface area contributed by atoms with Crippen LogP contribution in [0.1, 0.15) is 26.1 Å². The van der Waals surface area contributed by atoms with Crippen molar-refractivity contribution >= 4 is 5.82 Å². The molecule has 25 heavy (non-hydrogen) atoms. The van der Waals surface area contributed by atoms with E-state index in [1.54, 1.807) is 18.6 Å². The van der Waals surface area contributed by atoms with E-state index in [9.17, 15) is 4.39 Å². The van der Waals surface area contributed by atoms with E-state index in [-0.39, 0.29) is 12.1 Å². The number of nitrogens with one attached hydrogen (secondary N) is 1. The third kappa shape index (κ3) is 4.66. The Labute approximate surface area is 147 Å². The molecule has 0 bridgehead atoms. The van der Waals surface area contributed by atoms with Gasteiger partial charge in [0.1, 0.15) is 17.8 Å². The van der Waals surface area contributed by atoms with Gasteiger partial charge in [0.25, 0.3) is 0 Å². The Hall–Kier alpha value is -2.22. The number of rotatable bonds is 7. The van der Waals surface area contributed by atoms with Gasteiger partial charge in [-0.1, -0.05) is 0 Å². The molecular weight excluding hydrogens is 323 g/mol. The van der Waals surface area contributed by atoms with E-state index in [1.807, 2.05) is 31.7 Å². The molecule has 0 saturated carbocycles.